The monoisotopic (exact) mass is 772 g/mol. The molecule has 0 radical (unpaired) electrons. The fourth-order valence-corrected chi connectivity index (χ4v) is 9.80. The Morgan fingerprint density at radius 2 is 1.14 bits per heavy atom. The highest BCUT2D eigenvalue weighted by Gasteiger charge is 2.45. The average Bonchev–Trinajstić information content (AvgIpc) is 3.50. The Balaban J connectivity index is 1.50. The second kappa shape index (κ2) is 13.4. The summed E-state index contributed by atoms with van der Waals surface area (Å²) in [6.07, 6.45) is 1.00. The number of anilines is 3. The van der Waals surface area contributed by atoms with Crippen molar-refractivity contribution in [2.24, 2.45) is 5.41 Å². The minimum absolute atomic E-state index is 0.0440. The van der Waals surface area contributed by atoms with Gasteiger partial charge in [-0.05, 0) is 127 Å². The minimum atomic E-state index is -0.0681. The first-order valence-electron chi connectivity index (χ1n) is 21.8. The van der Waals surface area contributed by atoms with Crippen molar-refractivity contribution >= 4 is 45.7 Å². The molecule has 3 heteroatoms. The summed E-state index contributed by atoms with van der Waals surface area (Å²) in [6, 6.07) is 47.2. The van der Waals surface area contributed by atoms with Crippen LogP contribution in [0.2, 0.25) is 0 Å². The molecule has 1 aromatic heterocycles. The molecule has 0 saturated carbocycles. The summed E-state index contributed by atoms with van der Waals surface area (Å²) >= 11 is 0. The van der Waals surface area contributed by atoms with Crippen molar-refractivity contribution < 1.29 is 0 Å². The van der Waals surface area contributed by atoms with Crippen LogP contribution in [0.1, 0.15) is 111 Å². The van der Waals surface area contributed by atoms with Gasteiger partial charge in [0.25, 0.3) is 0 Å². The molecule has 59 heavy (non-hydrogen) atoms. The lowest BCUT2D eigenvalue weighted by Crippen LogP contribution is -2.57. The molecule has 2 nitrogen and oxygen atoms in total. The fourth-order valence-electron chi connectivity index (χ4n) is 9.80. The molecule has 0 N–H and O–H groups in total. The Hall–Kier alpha value is -5.28. The third-order valence-corrected chi connectivity index (χ3v) is 12.9. The maximum absolute atomic E-state index is 2.77. The van der Waals surface area contributed by atoms with Crippen molar-refractivity contribution in [1.82, 2.24) is 4.48 Å². The van der Waals surface area contributed by atoms with Gasteiger partial charge >= 0.3 is 6.85 Å². The molecule has 0 bridgehead atoms. The molecule has 9 rings (SSSR count). The number of hydrogen-bond donors (Lipinski definition) is 0. The van der Waals surface area contributed by atoms with Crippen LogP contribution < -0.4 is 15.8 Å². The second-order valence-corrected chi connectivity index (χ2v) is 21.8. The zero-order chi connectivity index (χ0) is 42.0. The molecule has 7 aromatic rings. The van der Waals surface area contributed by atoms with Crippen LogP contribution in [-0.2, 0) is 22.7 Å². The van der Waals surface area contributed by atoms with Crippen LogP contribution >= 0.6 is 0 Å². The van der Waals surface area contributed by atoms with Crippen LogP contribution in [0.5, 0.6) is 0 Å². The zero-order valence-corrected chi connectivity index (χ0v) is 37.7. The lowest BCUT2D eigenvalue weighted by Gasteiger charge is -2.42. The number of aromatic nitrogens is 1. The van der Waals surface area contributed by atoms with Gasteiger partial charge in [0.2, 0.25) is 0 Å². The van der Waals surface area contributed by atoms with Gasteiger partial charge in [0.15, 0.2) is 0 Å². The van der Waals surface area contributed by atoms with Crippen LogP contribution in [0, 0.1) is 12.3 Å². The first-order valence-corrected chi connectivity index (χ1v) is 21.8. The topological polar surface area (TPSA) is 8.17 Å². The van der Waals surface area contributed by atoms with Gasteiger partial charge in [-0.15, -0.1) is 0 Å². The predicted octanol–water partition coefficient (Wildman–Crippen LogP) is 14.2. The minimum Gasteiger partial charge on any atom is -0.375 e. The van der Waals surface area contributed by atoms with E-state index in [1.54, 1.807) is 0 Å². The van der Waals surface area contributed by atoms with E-state index in [1.807, 2.05) is 0 Å². The van der Waals surface area contributed by atoms with E-state index in [0.717, 1.165) is 6.42 Å². The van der Waals surface area contributed by atoms with E-state index in [-0.39, 0.29) is 28.5 Å². The van der Waals surface area contributed by atoms with Gasteiger partial charge in [-0.1, -0.05) is 168 Å². The molecular weight excluding hydrogens is 711 g/mol. The summed E-state index contributed by atoms with van der Waals surface area (Å²) in [6.45, 7) is 30.4. The largest absolute Gasteiger partial charge is 0.375 e. The van der Waals surface area contributed by atoms with Crippen molar-refractivity contribution in [1.29, 1.82) is 0 Å². The van der Waals surface area contributed by atoms with Crippen molar-refractivity contribution in [2.45, 2.75) is 113 Å². The van der Waals surface area contributed by atoms with Crippen molar-refractivity contribution in [3.63, 3.8) is 0 Å². The van der Waals surface area contributed by atoms with E-state index in [2.05, 4.69) is 221 Å². The molecule has 0 aliphatic carbocycles. The maximum Gasteiger partial charge on any atom is 0.333 e. The van der Waals surface area contributed by atoms with Crippen LogP contribution in [0.25, 0.3) is 44.4 Å². The normalized spacial score (nSPS) is 13.8. The number of aryl methyl sites for hydroxylation is 1. The highest BCUT2D eigenvalue weighted by molar-refractivity contribution is 6.89. The lowest BCUT2D eigenvalue weighted by molar-refractivity contribution is 0.411. The Bertz CT molecular complexity index is 2770. The number of rotatable bonds is 4. The summed E-state index contributed by atoms with van der Waals surface area (Å²) in [4.78, 5) is 2.59. The van der Waals surface area contributed by atoms with E-state index in [0.29, 0.717) is 0 Å². The zero-order valence-electron chi connectivity index (χ0n) is 37.7. The van der Waals surface area contributed by atoms with Crippen molar-refractivity contribution in [2.75, 3.05) is 4.90 Å². The van der Waals surface area contributed by atoms with Crippen molar-refractivity contribution in [3.8, 4) is 33.5 Å². The third-order valence-electron chi connectivity index (χ3n) is 12.9. The summed E-state index contributed by atoms with van der Waals surface area (Å²) in [5, 5.41) is 1.33. The van der Waals surface area contributed by atoms with Gasteiger partial charge in [0.1, 0.15) is 0 Å². The first kappa shape index (κ1) is 39.2. The molecule has 0 spiro atoms. The van der Waals surface area contributed by atoms with Crippen LogP contribution in [0.4, 0.5) is 17.1 Å². The molecule has 2 aliphatic rings. The molecule has 298 valence electrons. The summed E-state index contributed by atoms with van der Waals surface area (Å²) in [5.74, 6) is 0. The predicted molar refractivity (Wildman–Crippen MR) is 257 cm³/mol. The third kappa shape index (κ3) is 6.57. The van der Waals surface area contributed by atoms with E-state index >= 15 is 0 Å². The molecule has 0 amide bonds. The standard InChI is InChI=1S/C56H61BN2/c1-35-19-17-18-22-42(35)49-45-32-39(55(8,9)10)31-44-43-30-40(56(11,12)13)33-48-50(43)57(59(52(44)45)51(49)37-20-15-14-16-21-37)46-29-36(34-53(2,3)4)23-28-47(46)58(48)41-26-24-38(25-27-41)54(5,6)7/h14-33H,34H2,1-13H3. The lowest BCUT2D eigenvalue weighted by atomic mass is 9.44. The summed E-state index contributed by atoms with van der Waals surface area (Å²) in [7, 11) is 0. The fraction of sp³-hybridized carbons (Fsp3) is 0.321. The quantitative estimate of drug-likeness (QED) is 0.162. The Morgan fingerprint density at radius 3 is 1.76 bits per heavy atom. The van der Waals surface area contributed by atoms with Gasteiger partial charge in [0.05, 0.1) is 0 Å². The van der Waals surface area contributed by atoms with E-state index in [9.17, 15) is 0 Å². The molecule has 0 fully saturated rings. The Morgan fingerprint density at radius 1 is 0.525 bits per heavy atom. The molecule has 0 unspecified atom stereocenters. The second-order valence-electron chi connectivity index (χ2n) is 21.8. The molecule has 0 atom stereocenters. The van der Waals surface area contributed by atoms with Crippen LogP contribution in [0.15, 0.2) is 121 Å². The number of fused-ring (bicyclic) bond motifs is 4. The maximum atomic E-state index is 2.77. The molecule has 0 saturated heterocycles. The number of nitrogens with zero attached hydrogens (tertiary/aromatic N) is 2. The van der Waals surface area contributed by atoms with Crippen molar-refractivity contribution in [3.05, 3.63) is 149 Å². The highest BCUT2D eigenvalue weighted by atomic mass is 15.2. The summed E-state index contributed by atoms with van der Waals surface area (Å²) in [5.41, 5.74) is 22.5. The van der Waals surface area contributed by atoms with Gasteiger partial charge in [0, 0.05) is 44.8 Å². The van der Waals surface area contributed by atoms with Crippen LogP contribution in [-0.4, -0.2) is 11.3 Å². The smallest absolute Gasteiger partial charge is 0.333 e. The molecular formula is C56H61BN2. The van der Waals surface area contributed by atoms with E-state index < -0.39 is 0 Å². The first-order chi connectivity index (χ1) is 27.7. The molecule has 2 aliphatic heterocycles. The molecule has 3 heterocycles. The number of hydrogen-bond acceptors (Lipinski definition) is 1. The van der Waals surface area contributed by atoms with E-state index in [4.69, 9.17) is 0 Å². The van der Waals surface area contributed by atoms with Gasteiger partial charge < -0.3 is 9.38 Å². The van der Waals surface area contributed by atoms with Crippen LogP contribution in [0.3, 0.4) is 0 Å². The number of benzene rings is 6. The van der Waals surface area contributed by atoms with Gasteiger partial charge in [-0.2, -0.15) is 0 Å². The Labute approximate surface area is 354 Å². The highest BCUT2D eigenvalue weighted by Crippen LogP contribution is 2.52. The van der Waals surface area contributed by atoms with E-state index in [1.165, 1.54) is 100 Å². The average molecular weight is 773 g/mol. The van der Waals surface area contributed by atoms with Gasteiger partial charge in [-0.3, -0.25) is 0 Å². The summed E-state index contributed by atoms with van der Waals surface area (Å²) < 4.78 is 2.77. The molecule has 6 aromatic carbocycles. The van der Waals surface area contributed by atoms with Gasteiger partial charge in [-0.25, -0.2) is 0 Å². The SMILES string of the molecule is Cc1ccccc1-c1c(-c2ccccc2)n2c3c(cc(C(C)(C)C)cc13)-c1cc(C(C)(C)C)cc3c1B2c1cc(CC(C)(C)C)ccc1N3c1ccc(C(C)(C)C)cc1. The Kier molecular flexibility index (Phi) is 8.88.